The van der Waals surface area contributed by atoms with E-state index in [1.54, 1.807) is 0 Å². The van der Waals surface area contributed by atoms with Crippen LogP contribution in [0, 0.1) is 0 Å². The third-order valence-electron chi connectivity index (χ3n) is 5.38. The number of nitrogens with zero attached hydrogens (tertiary/aromatic N) is 1. The van der Waals surface area contributed by atoms with Crippen molar-refractivity contribution in [1.82, 2.24) is 10.3 Å². The standard InChI is InChI=1S/C24H25N3S2/c28-23(27-24(14-4-5-15-24)20-7-6-16-25-17-20)26-21-12-10-19(11-13-21)18-29-22-8-2-1-3-9-22/h1-3,6-13,16-17H,4-5,14-15,18H2,(H2,26,27,28). The first-order chi connectivity index (χ1) is 14.2. The first-order valence-corrected chi connectivity index (χ1v) is 11.4. The zero-order valence-electron chi connectivity index (χ0n) is 16.3. The maximum Gasteiger partial charge on any atom is 0.171 e. The highest BCUT2D eigenvalue weighted by Gasteiger charge is 2.36. The van der Waals surface area contributed by atoms with Gasteiger partial charge in [0.25, 0.3) is 0 Å². The summed E-state index contributed by atoms with van der Waals surface area (Å²) in [7, 11) is 0. The summed E-state index contributed by atoms with van der Waals surface area (Å²) in [5, 5.41) is 7.62. The number of nitrogens with one attached hydrogen (secondary N) is 2. The SMILES string of the molecule is S=C(Nc1ccc(CSc2ccccc2)cc1)NC1(c2cccnc2)CCCC1. The minimum Gasteiger partial charge on any atom is -0.353 e. The minimum absolute atomic E-state index is 0.107. The molecule has 0 amide bonds. The number of thioether (sulfide) groups is 1. The summed E-state index contributed by atoms with van der Waals surface area (Å²) in [5.41, 5.74) is 3.42. The fraction of sp³-hybridized carbons (Fsp3) is 0.250. The Balaban J connectivity index is 1.35. The minimum atomic E-state index is -0.107. The van der Waals surface area contributed by atoms with E-state index in [0.717, 1.165) is 24.3 Å². The van der Waals surface area contributed by atoms with Gasteiger partial charge in [-0.05, 0) is 66.5 Å². The molecule has 3 nitrogen and oxygen atoms in total. The molecule has 4 rings (SSSR count). The Morgan fingerprint density at radius 1 is 0.966 bits per heavy atom. The van der Waals surface area contributed by atoms with Gasteiger partial charge in [-0.15, -0.1) is 11.8 Å². The van der Waals surface area contributed by atoms with Gasteiger partial charge < -0.3 is 10.6 Å². The maximum absolute atomic E-state index is 5.65. The molecule has 0 radical (unpaired) electrons. The molecular weight excluding hydrogens is 394 g/mol. The lowest BCUT2D eigenvalue weighted by Crippen LogP contribution is -2.45. The summed E-state index contributed by atoms with van der Waals surface area (Å²) in [6, 6.07) is 23.1. The molecule has 1 aromatic heterocycles. The van der Waals surface area contributed by atoms with Crippen molar-refractivity contribution < 1.29 is 0 Å². The van der Waals surface area contributed by atoms with Crippen molar-refractivity contribution in [3.8, 4) is 0 Å². The van der Waals surface area contributed by atoms with Gasteiger partial charge in [-0.3, -0.25) is 4.98 Å². The zero-order valence-corrected chi connectivity index (χ0v) is 17.9. The highest BCUT2D eigenvalue weighted by molar-refractivity contribution is 7.98. The van der Waals surface area contributed by atoms with Crippen LogP contribution in [-0.4, -0.2) is 10.1 Å². The average Bonchev–Trinajstić information content (AvgIpc) is 3.24. The Morgan fingerprint density at radius 3 is 2.41 bits per heavy atom. The maximum atomic E-state index is 5.65. The van der Waals surface area contributed by atoms with E-state index in [1.165, 1.54) is 28.9 Å². The number of anilines is 1. The molecule has 5 heteroatoms. The van der Waals surface area contributed by atoms with E-state index in [1.807, 2.05) is 36.3 Å². The summed E-state index contributed by atoms with van der Waals surface area (Å²) >= 11 is 7.49. The van der Waals surface area contributed by atoms with E-state index < -0.39 is 0 Å². The monoisotopic (exact) mass is 419 g/mol. The smallest absolute Gasteiger partial charge is 0.171 e. The van der Waals surface area contributed by atoms with E-state index in [0.29, 0.717) is 5.11 Å². The molecule has 0 aliphatic heterocycles. The van der Waals surface area contributed by atoms with Gasteiger partial charge in [0, 0.05) is 28.7 Å². The highest BCUT2D eigenvalue weighted by atomic mass is 32.2. The van der Waals surface area contributed by atoms with Crippen molar-refractivity contribution in [2.45, 2.75) is 41.9 Å². The van der Waals surface area contributed by atoms with Crippen LogP contribution in [0.25, 0.3) is 0 Å². The van der Waals surface area contributed by atoms with Crippen LogP contribution in [-0.2, 0) is 11.3 Å². The van der Waals surface area contributed by atoms with Gasteiger partial charge >= 0.3 is 0 Å². The van der Waals surface area contributed by atoms with Crippen LogP contribution >= 0.6 is 24.0 Å². The molecule has 0 saturated heterocycles. The van der Waals surface area contributed by atoms with Gasteiger partial charge in [-0.2, -0.15) is 0 Å². The summed E-state index contributed by atoms with van der Waals surface area (Å²) in [6.45, 7) is 0. The summed E-state index contributed by atoms with van der Waals surface area (Å²) in [4.78, 5) is 5.60. The Bertz CT molecular complexity index is 921. The Hall–Kier alpha value is -2.37. The summed E-state index contributed by atoms with van der Waals surface area (Å²) < 4.78 is 0. The Morgan fingerprint density at radius 2 is 1.72 bits per heavy atom. The Kier molecular flexibility index (Phi) is 6.47. The van der Waals surface area contributed by atoms with Crippen LogP contribution < -0.4 is 10.6 Å². The number of benzene rings is 2. The van der Waals surface area contributed by atoms with Gasteiger partial charge in [-0.25, -0.2) is 0 Å². The second-order valence-electron chi connectivity index (χ2n) is 7.41. The first kappa shape index (κ1) is 19.9. The lowest BCUT2D eigenvalue weighted by Gasteiger charge is -2.32. The lowest BCUT2D eigenvalue weighted by molar-refractivity contribution is 0.407. The molecule has 1 aliphatic carbocycles. The third-order valence-corrected chi connectivity index (χ3v) is 6.67. The molecule has 29 heavy (non-hydrogen) atoms. The van der Waals surface area contributed by atoms with E-state index in [2.05, 4.69) is 70.2 Å². The lowest BCUT2D eigenvalue weighted by atomic mass is 9.89. The van der Waals surface area contributed by atoms with Crippen molar-refractivity contribution in [1.29, 1.82) is 0 Å². The van der Waals surface area contributed by atoms with Gasteiger partial charge in [0.15, 0.2) is 5.11 Å². The second-order valence-corrected chi connectivity index (χ2v) is 8.87. The molecule has 0 unspecified atom stereocenters. The van der Waals surface area contributed by atoms with Gasteiger partial charge in [0.05, 0.1) is 5.54 Å². The van der Waals surface area contributed by atoms with Crippen molar-refractivity contribution in [3.63, 3.8) is 0 Å². The number of rotatable bonds is 6. The van der Waals surface area contributed by atoms with Gasteiger partial charge in [-0.1, -0.05) is 49.2 Å². The summed E-state index contributed by atoms with van der Waals surface area (Å²) in [6.07, 6.45) is 8.35. The van der Waals surface area contributed by atoms with Gasteiger partial charge in [0.2, 0.25) is 0 Å². The number of hydrogen-bond donors (Lipinski definition) is 2. The number of aromatic nitrogens is 1. The molecule has 1 fully saturated rings. The summed E-state index contributed by atoms with van der Waals surface area (Å²) in [5.74, 6) is 0.955. The van der Waals surface area contributed by atoms with E-state index in [9.17, 15) is 0 Å². The van der Waals surface area contributed by atoms with Crippen LogP contribution in [0.3, 0.4) is 0 Å². The largest absolute Gasteiger partial charge is 0.353 e. The van der Waals surface area contributed by atoms with Crippen molar-refractivity contribution in [3.05, 3.63) is 90.3 Å². The molecule has 0 bridgehead atoms. The zero-order chi connectivity index (χ0) is 19.9. The molecular formula is C24H25N3S2. The van der Waals surface area contributed by atoms with Crippen molar-refractivity contribution in [2.24, 2.45) is 0 Å². The normalized spacial score (nSPS) is 15.0. The molecule has 1 aliphatic rings. The van der Waals surface area contributed by atoms with Crippen LogP contribution in [0.1, 0.15) is 36.8 Å². The topological polar surface area (TPSA) is 37.0 Å². The average molecular weight is 420 g/mol. The number of hydrogen-bond acceptors (Lipinski definition) is 3. The van der Waals surface area contributed by atoms with Crippen LogP contribution in [0.15, 0.2) is 84.0 Å². The molecule has 0 spiro atoms. The molecule has 0 atom stereocenters. The molecule has 148 valence electrons. The first-order valence-electron chi connectivity index (χ1n) is 10.0. The Labute approximate surface area is 182 Å². The van der Waals surface area contributed by atoms with E-state index in [-0.39, 0.29) is 5.54 Å². The molecule has 1 heterocycles. The highest BCUT2D eigenvalue weighted by Crippen LogP contribution is 2.38. The van der Waals surface area contributed by atoms with E-state index >= 15 is 0 Å². The molecule has 1 saturated carbocycles. The predicted octanol–water partition coefficient (Wildman–Crippen LogP) is 6.13. The fourth-order valence-corrected chi connectivity index (χ4v) is 5.05. The third kappa shape index (κ3) is 5.17. The number of pyridine rings is 1. The van der Waals surface area contributed by atoms with Crippen molar-refractivity contribution >= 4 is 34.8 Å². The van der Waals surface area contributed by atoms with E-state index in [4.69, 9.17) is 12.2 Å². The predicted molar refractivity (Wildman–Crippen MR) is 126 cm³/mol. The molecule has 2 aromatic carbocycles. The van der Waals surface area contributed by atoms with Gasteiger partial charge in [0.1, 0.15) is 0 Å². The van der Waals surface area contributed by atoms with Crippen LogP contribution in [0.4, 0.5) is 5.69 Å². The van der Waals surface area contributed by atoms with Crippen LogP contribution in [0.5, 0.6) is 0 Å². The fourth-order valence-electron chi connectivity index (χ4n) is 3.86. The quantitative estimate of drug-likeness (QED) is 0.371. The number of thiocarbonyl (C=S) groups is 1. The molecule has 3 aromatic rings. The van der Waals surface area contributed by atoms with Crippen LogP contribution in [0.2, 0.25) is 0 Å². The van der Waals surface area contributed by atoms with Crippen molar-refractivity contribution in [2.75, 3.05) is 5.32 Å². The second kappa shape index (κ2) is 9.42. The molecule has 2 N–H and O–H groups in total.